The van der Waals surface area contributed by atoms with Gasteiger partial charge in [-0.2, -0.15) is 10.2 Å². The van der Waals surface area contributed by atoms with Crippen LogP contribution in [0, 0.1) is 0 Å². The number of fused-ring (bicyclic) bond motifs is 1. The highest BCUT2D eigenvalue weighted by atomic mass is 16.5. The number of nitrogens with zero attached hydrogens (tertiary/aromatic N) is 4. The van der Waals surface area contributed by atoms with Gasteiger partial charge in [0.25, 0.3) is 5.91 Å². The number of amides is 2. The van der Waals surface area contributed by atoms with E-state index in [1.807, 2.05) is 6.92 Å². The lowest BCUT2D eigenvalue weighted by atomic mass is 10.2. The van der Waals surface area contributed by atoms with Gasteiger partial charge < -0.3 is 15.4 Å². The van der Waals surface area contributed by atoms with Gasteiger partial charge in [-0.3, -0.25) is 14.3 Å². The van der Waals surface area contributed by atoms with E-state index in [1.54, 1.807) is 60.0 Å². The molecule has 0 radical (unpaired) electrons. The van der Waals surface area contributed by atoms with E-state index in [-0.39, 0.29) is 23.9 Å². The number of pyridine rings is 1. The van der Waals surface area contributed by atoms with Crippen molar-refractivity contribution in [1.29, 1.82) is 0 Å². The van der Waals surface area contributed by atoms with Crippen molar-refractivity contribution in [3.63, 3.8) is 0 Å². The lowest BCUT2D eigenvalue weighted by Gasteiger charge is -2.16. The predicted octanol–water partition coefficient (Wildman–Crippen LogP) is 1.43. The molecule has 0 aliphatic carbocycles. The molecule has 2 atom stereocenters. The van der Waals surface area contributed by atoms with Gasteiger partial charge in [-0.1, -0.05) is 0 Å². The highest BCUT2D eigenvalue weighted by Crippen LogP contribution is 2.22. The second-order valence-electron chi connectivity index (χ2n) is 6.54. The van der Waals surface area contributed by atoms with Gasteiger partial charge in [0, 0.05) is 31.2 Å². The van der Waals surface area contributed by atoms with Gasteiger partial charge in [0.15, 0.2) is 0 Å². The maximum atomic E-state index is 12.6. The zero-order chi connectivity index (χ0) is 20.1. The average Bonchev–Trinajstić information content (AvgIpc) is 3.36. The first-order chi connectivity index (χ1) is 13.5. The quantitative estimate of drug-likeness (QED) is 0.612. The van der Waals surface area contributed by atoms with E-state index in [0.717, 1.165) is 0 Å². The maximum absolute atomic E-state index is 12.6. The van der Waals surface area contributed by atoms with Crippen molar-refractivity contribution in [3.05, 3.63) is 48.5 Å². The van der Waals surface area contributed by atoms with E-state index in [1.165, 1.54) is 6.20 Å². The van der Waals surface area contributed by atoms with Gasteiger partial charge >= 0.3 is 0 Å². The minimum absolute atomic E-state index is 0.116. The molecule has 0 aliphatic rings. The summed E-state index contributed by atoms with van der Waals surface area (Å²) in [6.07, 6.45) is 7.26. The minimum Gasteiger partial charge on any atom is -0.494 e. The molecular weight excluding hydrogens is 360 g/mol. The average molecular weight is 384 g/mol. The van der Waals surface area contributed by atoms with Crippen LogP contribution in [0.3, 0.4) is 0 Å². The van der Waals surface area contributed by atoms with Gasteiger partial charge in [0.1, 0.15) is 17.3 Å². The van der Waals surface area contributed by atoms with Crippen LogP contribution in [0.15, 0.2) is 43.0 Å². The van der Waals surface area contributed by atoms with Gasteiger partial charge in [-0.25, -0.2) is 4.52 Å². The lowest BCUT2D eigenvalue weighted by molar-refractivity contribution is -0.124. The number of nitrogens with one attached hydrogen (secondary N) is 2. The second kappa shape index (κ2) is 8.55. The third-order valence-corrected chi connectivity index (χ3v) is 4.52. The molecule has 3 heterocycles. The van der Waals surface area contributed by atoms with Crippen molar-refractivity contribution in [2.45, 2.75) is 32.4 Å². The molecule has 0 aromatic carbocycles. The Hall–Kier alpha value is -3.36. The molecule has 0 fully saturated rings. The summed E-state index contributed by atoms with van der Waals surface area (Å²) in [4.78, 5) is 24.8. The molecule has 28 heavy (non-hydrogen) atoms. The Balaban J connectivity index is 1.53. The Labute approximate surface area is 162 Å². The number of carbonyl (C=O) groups excluding carboxylic acids is 2. The van der Waals surface area contributed by atoms with Crippen LogP contribution in [0.1, 0.15) is 36.7 Å². The number of ether oxygens (including phenoxy) is 1. The van der Waals surface area contributed by atoms with Crippen LogP contribution in [0.25, 0.3) is 5.52 Å². The van der Waals surface area contributed by atoms with Gasteiger partial charge in [-0.05, 0) is 38.5 Å². The summed E-state index contributed by atoms with van der Waals surface area (Å²) in [6.45, 7) is 4.12. The monoisotopic (exact) mass is 384 g/mol. The molecular formula is C19H24N6O3. The maximum Gasteiger partial charge on any atom is 0.255 e. The summed E-state index contributed by atoms with van der Waals surface area (Å²) in [7, 11) is 1.56. The van der Waals surface area contributed by atoms with Crippen LogP contribution in [0.2, 0.25) is 0 Å². The third kappa shape index (κ3) is 4.13. The van der Waals surface area contributed by atoms with E-state index < -0.39 is 0 Å². The summed E-state index contributed by atoms with van der Waals surface area (Å²) in [5.41, 5.74) is 1.07. The zero-order valence-corrected chi connectivity index (χ0v) is 16.1. The first-order valence-electron chi connectivity index (χ1n) is 9.09. The van der Waals surface area contributed by atoms with Crippen molar-refractivity contribution < 1.29 is 14.3 Å². The predicted molar refractivity (Wildman–Crippen MR) is 103 cm³/mol. The number of hydrogen-bond donors (Lipinski definition) is 2. The zero-order valence-electron chi connectivity index (χ0n) is 16.1. The van der Waals surface area contributed by atoms with E-state index in [4.69, 9.17) is 4.74 Å². The molecule has 2 N–H and O–H groups in total. The summed E-state index contributed by atoms with van der Waals surface area (Å²) in [5.74, 6) is 0.232. The van der Waals surface area contributed by atoms with E-state index in [9.17, 15) is 9.59 Å². The fourth-order valence-electron chi connectivity index (χ4n) is 2.91. The van der Waals surface area contributed by atoms with Gasteiger partial charge in [0.2, 0.25) is 5.91 Å². The van der Waals surface area contributed by atoms with Crippen LogP contribution in [0.4, 0.5) is 0 Å². The van der Waals surface area contributed by atoms with Gasteiger partial charge in [-0.15, -0.1) is 0 Å². The SMILES string of the molecule is COc1cccn2ncc(C(=O)N[C@@H](C)CCNC(=O)C(C)n3cccn3)c12. The Morgan fingerprint density at radius 3 is 2.75 bits per heavy atom. The molecule has 3 aromatic heterocycles. The molecule has 3 aromatic rings. The Morgan fingerprint density at radius 2 is 2.04 bits per heavy atom. The Bertz CT molecular complexity index is 950. The largest absolute Gasteiger partial charge is 0.494 e. The number of rotatable bonds is 8. The molecule has 2 amide bonds. The molecule has 0 saturated heterocycles. The number of carbonyl (C=O) groups is 2. The van der Waals surface area contributed by atoms with E-state index in [2.05, 4.69) is 20.8 Å². The van der Waals surface area contributed by atoms with Crippen molar-refractivity contribution in [2.75, 3.05) is 13.7 Å². The molecule has 9 nitrogen and oxygen atoms in total. The number of methoxy groups -OCH3 is 1. The molecule has 0 saturated carbocycles. The summed E-state index contributed by atoms with van der Waals surface area (Å²) >= 11 is 0. The third-order valence-electron chi connectivity index (χ3n) is 4.52. The van der Waals surface area contributed by atoms with E-state index >= 15 is 0 Å². The molecule has 9 heteroatoms. The molecule has 0 bridgehead atoms. The highest BCUT2D eigenvalue weighted by molar-refractivity contribution is 6.02. The first-order valence-corrected chi connectivity index (χ1v) is 9.09. The molecule has 148 valence electrons. The van der Waals surface area contributed by atoms with Crippen LogP contribution in [0.5, 0.6) is 5.75 Å². The summed E-state index contributed by atoms with van der Waals surface area (Å²) in [6, 6.07) is 4.85. The normalized spacial score (nSPS) is 13.1. The molecule has 3 rings (SSSR count). The van der Waals surface area contributed by atoms with Crippen molar-refractivity contribution >= 4 is 17.3 Å². The Morgan fingerprint density at radius 1 is 1.21 bits per heavy atom. The number of hydrogen-bond acceptors (Lipinski definition) is 5. The summed E-state index contributed by atoms with van der Waals surface area (Å²) < 4.78 is 8.53. The van der Waals surface area contributed by atoms with Crippen molar-refractivity contribution in [2.24, 2.45) is 0 Å². The second-order valence-corrected chi connectivity index (χ2v) is 6.54. The fourth-order valence-corrected chi connectivity index (χ4v) is 2.91. The first kappa shape index (κ1) is 19.4. The van der Waals surface area contributed by atoms with E-state index in [0.29, 0.717) is 29.8 Å². The molecule has 0 aliphatic heterocycles. The molecule has 1 unspecified atom stereocenters. The summed E-state index contributed by atoms with van der Waals surface area (Å²) in [5, 5.41) is 14.1. The Kier molecular flexibility index (Phi) is 5.93. The highest BCUT2D eigenvalue weighted by Gasteiger charge is 2.19. The topological polar surface area (TPSA) is 103 Å². The van der Waals surface area contributed by atoms with Crippen LogP contribution in [-0.4, -0.2) is 50.9 Å². The smallest absolute Gasteiger partial charge is 0.255 e. The van der Waals surface area contributed by atoms with Crippen molar-refractivity contribution in [3.8, 4) is 5.75 Å². The standard InChI is InChI=1S/C19H24N6O3/c1-13(7-9-20-18(26)14(2)24-11-5-8-21-24)23-19(27)15-12-22-25-10-4-6-16(28-3)17(15)25/h4-6,8,10-14H,7,9H2,1-3H3,(H,20,26)(H,23,27)/t13-,14?/m0/s1. The van der Waals surface area contributed by atoms with Crippen LogP contribution >= 0.6 is 0 Å². The lowest BCUT2D eigenvalue weighted by Crippen LogP contribution is -2.37. The molecule has 0 spiro atoms. The minimum atomic E-state index is -0.383. The van der Waals surface area contributed by atoms with Crippen LogP contribution in [-0.2, 0) is 4.79 Å². The van der Waals surface area contributed by atoms with Gasteiger partial charge in [0.05, 0.1) is 18.9 Å². The number of aromatic nitrogens is 4. The van der Waals surface area contributed by atoms with Crippen LogP contribution < -0.4 is 15.4 Å². The fraction of sp³-hybridized carbons (Fsp3) is 0.368. The van der Waals surface area contributed by atoms with Crippen molar-refractivity contribution in [1.82, 2.24) is 30.0 Å².